The fraction of sp³-hybridized carbons (Fsp3) is 0.605. The molecule has 4 rings (SSSR count). The second-order valence-corrected chi connectivity index (χ2v) is 18.4. The summed E-state index contributed by atoms with van der Waals surface area (Å²) in [6.45, 7) is 13.4. The molecule has 0 aliphatic heterocycles. The van der Waals surface area contributed by atoms with E-state index in [0.29, 0.717) is 5.57 Å². The van der Waals surface area contributed by atoms with E-state index < -0.39 is 8.32 Å². The monoisotopic (exact) mass is 588 g/mol. The fourth-order valence-corrected chi connectivity index (χ4v) is 12.3. The summed E-state index contributed by atoms with van der Waals surface area (Å²) in [7, 11) is -2.72. The van der Waals surface area contributed by atoms with Gasteiger partial charge in [-0.2, -0.15) is 0 Å². The molecule has 2 aromatic rings. The molecule has 2 aliphatic rings. The van der Waals surface area contributed by atoms with Crippen LogP contribution in [0, 0.1) is 17.8 Å². The lowest BCUT2D eigenvalue weighted by molar-refractivity contribution is -0.146. The molecule has 0 heterocycles. The molecule has 0 saturated heterocycles. The maximum Gasteiger partial charge on any atom is 0.335 e. The van der Waals surface area contributed by atoms with Crippen LogP contribution in [0.3, 0.4) is 0 Å². The highest BCUT2D eigenvalue weighted by atomic mass is 28.4. The van der Waals surface area contributed by atoms with Crippen LogP contribution in [0.1, 0.15) is 111 Å². The third kappa shape index (κ3) is 8.26. The van der Waals surface area contributed by atoms with Crippen LogP contribution in [-0.2, 0) is 14.0 Å². The van der Waals surface area contributed by atoms with Crippen molar-refractivity contribution in [3.05, 3.63) is 72.8 Å². The van der Waals surface area contributed by atoms with Gasteiger partial charge in [0, 0.05) is 0 Å². The lowest BCUT2D eigenvalue weighted by Crippen LogP contribution is -2.66. The van der Waals surface area contributed by atoms with Crippen molar-refractivity contribution in [3.8, 4) is 0 Å². The fourth-order valence-electron chi connectivity index (χ4n) is 7.74. The van der Waals surface area contributed by atoms with Crippen LogP contribution in [0.25, 0.3) is 0 Å². The molecule has 2 saturated carbocycles. The molecule has 0 bridgehead atoms. The van der Waals surface area contributed by atoms with E-state index in [0.717, 1.165) is 30.6 Å². The van der Waals surface area contributed by atoms with Gasteiger partial charge in [0.2, 0.25) is 0 Å². The summed E-state index contributed by atoms with van der Waals surface area (Å²) >= 11 is 0. The van der Waals surface area contributed by atoms with Crippen LogP contribution >= 0.6 is 0 Å². The third-order valence-corrected chi connectivity index (χ3v) is 15.2. The van der Waals surface area contributed by atoms with Gasteiger partial charge in [-0.05, 0) is 71.7 Å². The molecule has 0 radical (unpaired) electrons. The highest BCUT2D eigenvalue weighted by molar-refractivity contribution is 6.99. The number of unbranched alkanes of at least 4 members (excludes halogenated alkanes) is 3. The first kappa shape index (κ1) is 32.7. The first-order valence-corrected chi connectivity index (χ1v) is 18.8. The summed E-state index contributed by atoms with van der Waals surface area (Å²) in [5.74, 6) is 2.36. The minimum atomic E-state index is -2.72. The number of rotatable bonds is 13. The Morgan fingerprint density at radius 2 is 1.31 bits per heavy atom. The predicted molar refractivity (Wildman–Crippen MR) is 179 cm³/mol. The summed E-state index contributed by atoms with van der Waals surface area (Å²) in [5, 5.41) is 2.26. The Hall–Kier alpha value is -2.17. The largest absolute Gasteiger partial charge is 0.459 e. The Bertz CT molecular complexity index is 1050. The molecule has 0 spiro atoms. The van der Waals surface area contributed by atoms with Crippen LogP contribution in [0.2, 0.25) is 5.04 Å². The average Bonchev–Trinajstić information content (AvgIpc) is 3.00. The number of esters is 1. The second-order valence-electron chi connectivity index (χ2n) is 14.1. The molecule has 4 heteroatoms. The predicted octanol–water partition coefficient (Wildman–Crippen LogP) is 9.00. The number of carbonyl (C=O) groups is 1. The molecule has 2 fully saturated rings. The van der Waals surface area contributed by atoms with Crippen molar-refractivity contribution in [2.24, 2.45) is 17.8 Å². The number of benzene rings is 2. The molecule has 230 valence electrons. The van der Waals surface area contributed by atoms with E-state index in [1.807, 2.05) is 12.1 Å². The summed E-state index contributed by atoms with van der Waals surface area (Å²) in [5.41, 5.74) is 0.419. The van der Waals surface area contributed by atoms with Gasteiger partial charge in [-0.3, -0.25) is 0 Å². The topological polar surface area (TPSA) is 35.5 Å². The Labute approximate surface area is 257 Å². The van der Waals surface area contributed by atoms with E-state index in [1.54, 1.807) is 0 Å². The van der Waals surface area contributed by atoms with Crippen LogP contribution in [0.5, 0.6) is 0 Å². The summed E-state index contributed by atoms with van der Waals surface area (Å²) in [6.07, 6.45) is 17.0. The standard InChI is InChI=1S/C38H56O3Si/c1-6-7-8-11-16-31-21-23-32(24-22-31)33-25-27-34(28-26-33)41-37(39)30(2)29-40-42(38(3,4)5,35-17-12-9-13-18-35)36-19-14-10-15-20-36/h9-10,12-15,17-20,31-34H,2,6-8,11,16,21-29H2,1,3-5H3. The van der Waals surface area contributed by atoms with Crippen LogP contribution < -0.4 is 10.4 Å². The Kier molecular flexibility index (Phi) is 12.1. The van der Waals surface area contributed by atoms with E-state index in [4.69, 9.17) is 9.16 Å². The van der Waals surface area contributed by atoms with Gasteiger partial charge < -0.3 is 9.16 Å². The summed E-state index contributed by atoms with van der Waals surface area (Å²) < 4.78 is 12.9. The average molecular weight is 589 g/mol. The molecule has 0 amide bonds. The van der Waals surface area contributed by atoms with Crippen molar-refractivity contribution in [2.75, 3.05) is 6.61 Å². The van der Waals surface area contributed by atoms with Crippen LogP contribution in [-0.4, -0.2) is 27.0 Å². The quantitative estimate of drug-likeness (QED) is 0.101. The molecule has 3 nitrogen and oxygen atoms in total. The second kappa shape index (κ2) is 15.5. The summed E-state index contributed by atoms with van der Waals surface area (Å²) in [6, 6.07) is 21.1. The summed E-state index contributed by atoms with van der Waals surface area (Å²) in [4.78, 5) is 13.2. The highest BCUT2D eigenvalue weighted by Crippen LogP contribution is 2.42. The highest BCUT2D eigenvalue weighted by Gasteiger charge is 2.50. The van der Waals surface area contributed by atoms with Gasteiger partial charge in [-0.25, -0.2) is 4.79 Å². The van der Waals surface area contributed by atoms with Gasteiger partial charge in [-0.15, -0.1) is 0 Å². The van der Waals surface area contributed by atoms with E-state index in [2.05, 4.69) is 82.8 Å². The van der Waals surface area contributed by atoms with Gasteiger partial charge in [0.15, 0.2) is 0 Å². The van der Waals surface area contributed by atoms with Gasteiger partial charge in [0.1, 0.15) is 6.10 Å². The lowest BCUT2D eigenvalue weighted by atomic mass is 9.70. The first-order chi connectivity index (χ1) is 20.2. The van der Waals surface area contributed by atoms with Gasteiger partial charge in [0.05, 0.1) is 12.2 Å². The van der Waals surface area contributed by atoms with Crippen molar-refractivity contribution in [1.82, 2.24) is 0 Å². The molecule has 2 aliphatic carbocycles. The maximum atomic E-state index is 13.2. The minimum absolute atomic E-state index is 0.00766. The Morgan fingerprint density at radius 3 is 1.81 bits per heavy atom. The number of ether oxygens (including phenoxy) is 1. The van der Waals surface area contributed by atoms with E-state index in [9.17, 15) is 4.79 Å². The smallest absolute Gasteiger partial charge is 0.335 e. The first-order valence-electron chi connectivity index (χ1n) is 16.9. The Balaban J connectivity index is 1.28. The molecule has 2 aromatic carbocycles. The van der Waals surface area contributed by atoms with E-state index in [1.165, 1.54) is 81.0 Å². The van der Waals surface area contributed by atoms with Crippen LogP contribution in [0.15, 0.2) is 72.8 Å². The van der Waals surface area contributed by atoms with Crippen molar-refractivity contribution < 1.29 is 14.0 Å². The minimum Gasteiger partial charge on any atom is -0.459 e. The van der Waals surface area contributed by atoms with Crippen molar-refractivity contribution in [2.45, 2.75) is 122 Å². The van der Waals surface area contributed by atoms with Gasteiger partial charge in [0.25, 0.3) is 8.32 Å². The number of hydrogen-bond acceptors (Lipinski definition) is 3. The van der Waals surface area contributed by atoms with Crippen molar-refractivity contribution >= 4 is 24.7 Å². The zero-order chi connectivity index (χ0) is 30.0. The molecule has 0 N–H and O–H groups in total. The normalized spacial score (nSPS) is 23.3. The van der Waals surface area contributed by atoms with Crippen molar-refractivity contribution in [1.29, 1.82) is 0 Å². The van der Waals surface area contributed by atoms with Gasteiger partial charge in [-0.1, -0.05) is 140 Å². The van der Waals surface area contributed by atoms with E-state index >= 15 is 0 Å². The molecule has 0 aromatic heterocycles. The SMILES string of the molecule is C=C(CO[Si](c1ccccc1)(c1ccccc1)C(C)(C)C)C(=O)OC1CCC(C2CCC(CCCCCC)CC2)CC1. The van der Waals surface area contributed by atoms with Crippen molar-refractivity contribution in [3.63, 3.8) is 0 Å². The molecule has 0 atom stereocenters. The zero-order valence-corrected chi connectivity index (χ0v) is 27.9. The van der Waals surface area contributed by atoms with E-state index in [-0.39, 0.29) is 23.7 Å². The Morgan fingerprint density at radius 1 is 0.786 bits per heavy atom. The lowest BCUT2D eigenvalue weighted by Gasteiger charge is -2.43. The third-order valence-electron chi connectivity index (χ3n) is 10.2. The van der Waals surface area contributed by atoms with Crippen LogP contribution in [0.4, 0.5) is 0 Å². The van der Waals surface area contributed by atoms with Gasteiger partial charge >= 0.3 is 5.97 Å². The number of hydrogen-bond donors (Lipinski definition) is 0. The molecular weight excluding hydrogens is 533 g/mol. The molecular formula is C38H56O3Si. The zero-order valence-electron chi connectivity index (χ0n) is 26.9. The molecule has 0 unspecified atom stereocenters. The molecule has 42 heavy (non-hydrogen) atoms. The maximum absolute atomic E-state index is 13.2. The number of carbonyl (C=O) groups excluding carboxylic acids is 1.